The van der Waals surface area contributed by atoms with Gasteiger partial charge in [-0.2, -0.15) is 5.26 Å². The molecule has 0 radical (unpaired) electrons. The molecule has 0 aromatic carbocycles. The van der Waals surface area contributed by atoms with E-state index in [1.165, 1.54) is 0 Å². The van der Waals surface area contributed by atoms with Gasteiger partial charge in [0.05, 0.1) is 12.2 Å². The van der Waals surface area contributed by atoms with Crippen LogP contribution in [0.4, 0.5) is 0 Å². The average Bonchev–Trinajstić information content (AvgIpc) is 2.73. The SMILES string of the molecule is CC(O)CCCNC(=O)C1(C#N)CCCC1. The third-order valence-electron chi connectivity index (χ3n) is 3.19. The van der Waals surface area contributed by atoms with Gasteiger partial charge in [0.15, 0.2) is 0 Å². The van der Waals surface area contributed by atoms with Gasteiger partial charge in [-0.3, -0.25) is 4.79 Å². The lowest BCUT2D eigenvalue weighted by atomic mass is 9.87. The number of nitrogens with one attached hydrogen (secondary N) is 1. The topological polar surface area (TPSA) is 73.1 Å². The average molecular weight is 224 g/mol. The molecule has 4 nitrogen and oxygen atoms in total. The minimum absolute atomic E-state index is 0.127. The van der Waals surface area contributed by atoms with Crippen molar-refractivity contribution < 1.29 is 9.90 Å². The van der Waals surface area contributed by atoms with E-state index < -0.39 is 5.41 Å². The summed E-state index contributed by atoms with van der Waals surface area (Å²) in [5, 5.41) is 20.9. The molecule has 0 saturated heterocycles. The monoisotopic (exact) mass is 224 g/mol. The van der Waals surface area contributed by atoms with Crippen molar-refractivity contribution in [3.05, 3.63) is 0 Å². The van der Waals surface area contributed by atoms with E-state index in [0.717, 1.165) is 19.3 Å². The highest BCUT2D eigenvalue weighted by atomic mass is 16.3. The van der Waals surface area contributed by atoms with E-state index >= 15 is 0 Å². The minimum atomic E-state index is -0.773. The van der Waals surface area contributed by atoms with Crippen molar-refractivity contribution in [3.63, 3.8) is 0 Å². The maximum atomic E-state index is 11.8. The Kier molecular flexibility index (Phi) is 4.75. The van der Waals surface area contributed by atoms with Gasteiger partial charge in [0.25, 0.3) is 0 Å². The van der Waals surface area contributed by atoms with Gasteiger partial charge in [-0.15, -0.1) is 0 Å². The smallest absolute Gasteiger partial charge is 0.240 e. The molecule has 90 valence electrons. The van der Waals surface area contributed by atoms with Crippen LogP contribution >= 0.6 is 0 Å². The van der Waals surface area contributed by atoms with Gasteiger partial charge in [0.1, 0.15) is 5.41 Å². The van der Waals surface area contributed by atoms with Crippen molar-refractivity contribution in [2.24, 2.45) is 5.41 Å². The van der Waals surface area contributed by atoms with Crippen LogP contribution in [0.2, 0.25) is 0 Å². The molecular formula is C12H20N2O2. The van der Waals surface area contributed by atoms with Crippen molar-refractivity contribution >= 4 is 5.91 Å². The molecule has 0 aromatic rings. The van der Waals surface area contributed by atoms with Crippen LogP contribution in [0.5, 0.6) is 0 Å². The van der Waals surface area contributed by atoms with Crippen LogP contribution in [0.25, 0.3) is 0 Å². The molecule has 1 rings (SSSR count). The van der Waals surface area contributed by atoms with Crippen LogP contribution in [-0.2, 0) is 4.79 Å². The lowest BCUT2D eigenvalue weighted by Crippen LogP contribution is -2.38. The lowest BCUT2D eigenvalue weighted by Gasteiger charge is -2.19. The molecule has 1 fully saturated rings. The van der Waals surface area contributed by atoms with Crippen molar-refractivity contribution in [2.45, 2.75) is 51.6 Å². The zero-order valence-corrected chi connectivity index (χ0v) is 9.83. The molecule has 4 heteroatoms. The van der Waals surface area contributed by atoms with Gasteiger partial charge in [0.2, 0.25) is 5.91 Å². The highest BCUT2D eigenvalue weighted by molar-refractivity contribution is 5.85. The fourth-order valence-electron chi connectivity index (χ4n) is 2.14. The second kappa shape index (κ2) is 5.86. The summed E-state index contributed by atoms with van der Waals surface area (Å²) in [7, 11) is 0. The largest absolute Gasteiger partial charge is 0.393 e. The second-order valence-electron chi connectivity index (χ2n) is 4.65. The molecule has 0 bridgehead atoms. The Hall–Kier alpha value is -1.08. The third kappa shape index (κ3) is 3.21. The van der Waals surface area contributed by atoms with Crippen molar-refractivity contribution in [2.75, 3.05) is 6.54 Å². The molecule has 0 heterocycles. The molecule has 16 heavy (non-hydrogen) atoms. The number of aliphatic hydroxyl groups excluding tert-OH is 1. The summed E-state index contributed by atoms with van der Waals surface area (Å²) in [6.45, 7) is 2.28. The first-order valence-electron chi connectivity index (χ1n) is 5.98. The second-order valence-corrected chi connectivity index (χ2v) is 4.65. The summed E-state index contributed by atoms with van der Waals surface area (Å²) in [6, 6.07) is 2.17. The molecule has 1 atom stereocenters. The summed E-state index contributed by atoms with van der Waals surface area (Å²) in [6.07, 6.45) is 4.42. The van der Waals surface area contributed by atoms with Crippen LogP contribution in [-0.4, -0.2) is 23.7 Å². The molecule has 1 amide bonds. The zero-order valence-electron chi connectivity index (χ0n) is 9.83. The summed E-state index contributed by atoms with van der Waals surface area (Å²) >= 11 is 0. The number of nitriles is 1. The number of amides is 1. The number of rotatable bonds is 5. The van der Waals surface area contributed by atoms with Crippen molar-refractivity contribution in [1.82, 2.24) is 5.32 Å². The van der Waals surface area contributed by atoms with Gasteiger partial charge in [-0.05, 0) is 32.6 Å². The first-order valence-corrected chi connectivity index (χ1v) is 5.98. The van der Waals surface area contributed by atoms with Crippen LogP contribution in [0.3, 0.4) is 0 Å². The van der Waals surface area contributed by atoms with Crippen LogP contribution in [0.1, 0.15) is 45.4 Å². The van der Waals surface area contributed by atoms with Crippen LogP contribution < -0.4 is 5.32 Å². The Morgan fingerprint density at radius 2 is 2.19 bits per heavy atom. The Labute approximate surface area is 96.6 Å². The fraction of sp³-hybridized carbons (Fsp3) is 0.833. The van der Waals surface area contributed by atoms with Gasteiger partial charge < -0.3 is 10.4 Å². The van der Waals surface area contributed by atoms with E-state index in [0.29, 0.717) is 25.8 Å². The predicted octanol–water partition coefficient (Wildman–Crippen LogP) is 1.35. The summed E-state index contributed by atoms with van der Waals surface area (Å²) in [5.41, 5.74) is -0.773. The van der Waals surface area contributed by atoms with Crippen LogP contribution in [0.15, 0.2) is 0 Å². The maximum Gasteiger partial charge on any atom is 0.240 e. The normalized spacial score (nSPS) is 20.1. The van der Waals surface area contributed by atoms with E-state index in [1.807, 2.05) is 0 Å². The molecular weight excluding hydrogens is 204 g/mol. The van der Waals surface area contributed by atoms with Gasteiger partial charge in [-0.25, -0.2) is 0 Å². The highest BCUT2D eigenvalue weighted by Gasteiger charge is 2.41. The predicted molar refractivity (Wildman–Crippen MR) is 60.4 cm³/mol. The molecule has 1 saturated carbocycles. The maximum absolute atomic E-state index is 11.8. The number of aliphatic hydroxyl groups is 1. The zero-order chi connectivity index (χ0) is 12.0. The number of carbonyl (C=O) groups is 1. The quantitative estimate of drug-likeness (QED) is 0.692. The van der Waals surface area contributed by atoms with Crippen LogP contribution in [0, 0.1) is 16.7 Å². The molecule has 1 aliphatic carbocycles. The minimum Gasteiger partial charge on any atom is -0.393 e. The molecule has 2 N–H and O–H groups in total. The van der Waals surface area contributed by atoms with Gasteiger partial charge >= 0.3 is 0 Å². The van der Waals surface area contributed by atoms with Gasteiger partial charge in [-0.1, -0.05) is 12.8 Å². The summed E-state index contributed by atoms with van der Waals surface area (Å²) < 4.78 is 0. The number of carbonyl (C=O) groups excluding carboxylic acids is 1. The number of hydrogen-bond donors (Lipinski definition) is 2. The Morgan fingerprint density at radius 1 is 1.56 bits per heavy atom. The van der Waals surface area contributed by atoms with E-state index in [4.69, 9.17) is 10.4 Å². The molecule has 0 spiro atoms. The highest BCUT2D eigenvalue weighted by Crippen LogP contribution is 2.37. The Bertz CT molecular complexity index is 275. The summed E-state index contributed by atoms with van der Waals surface area (Å²) in [5.74, 6) is -0.127. The fourth-order valence-corrected chi connectivity index (χ4v) is 2.14. The summed E-state index contributed by atoms with van der Waals surface area (Å²) in [4.78, 5) is 11.8. The molecule has 0 aromatic heterocycles. The van der Waals surface area contributed by atoms with E-state index in [1.54, 1.807) is 6.92 Å². The first kappa shape index (κ1) is 13.0. The number of nitrogens with zero attached hydrogens (tertiary/aromatic N) is 1. The standard InChI is InChI=1S/C12H20N2O2/c1-10(15)5-4-8-14-11(16)12(9-13)6-2-3-7-12/h10,15H,2-8H2,1H3,(H,14,16). The van der Waals surface area contributed by atoms with Crippen molar-refractivity contribution in [3.8, 4) is 6.07 Å². The molecule has 0 aliphatic heterocycles. The first-order chi connectivity index (χ1) is 7.60. The molecule has 1 aliphatic rings. The van der Waals surface area contributed by atoms with E-state index in [9.17, 15) is 4.79 Å². The lowest BCUT2D eigenvalue weighted by molar-refractivity contribution is -0.127. The van der Waals surface area contributed by atoms with Gasteiger partial charge in [0, 0.05) is 6.54 Å². The van der Waals surface area contributed by atoms with E-state index in [-0.39, 0.29) is 12.0 Å². The molecule has 1 unspecified atom stereocenters. The van der Waals surface area contributed by atoms with Crippen molar-refractivity contribution in [1.29, 1.82) is 5.26 Å². The Balaban J connectivity index is 2.31. The Morgan fingerprint density at radius 3 is 2.69 bits per heavy atom. The third-order valence-corrected chi connectivity index (χ3v) is 3.19. The van der Waals surface area contributed by atoms with E-state index in [2.05, 4.69) is 11.4 Å². The number of hydrogen-bond acceptors (Lipinski definition) is 3.